The quantitative estimate of drug-likeness (QED) is 0.221. The molecule has 216 valence electrons. The van der Waals surface area contributed by atoms with E-state index in [0.717, 1.165) is 12.8 Å². The van der Waals surface area contributed by atoms with Gasteiger partial charge < -0.3 is 25.0 Å². The van der Waals surface area contributed by atoms with Crippen LogP contribution in [-0.2, 0) is 19.1 Å². The lowest BCUT2D eigenvalue weighted by molar-refractivity contribution is -0.134. The summed E-state index contributed by atoms with van der Waals surface area (Å²) in [5.41, 5.74) is -0.533. The van der Waals surface area contributed by atoms with Gasteiger partial charge in [-0.05, 0) is 38.0 Å². The lowest BCUT2D eigenvalue weighted by atomic mass is 9.70. The number of hydrogen-bond donors (Lipinski definition) is 5. The standard InChI is InChI=1S/C25H42Cl2N6O4S/c1-12-4-14(15-7-21(26)29-9-19(15)37-3)16(8-28-12)23(34)32-25-31-18-10-33(11-20(18)38-25)24(35)17-5-13(36-2)6-22(27)30-17/h12-22,25,28-31H,4-11H2,1-3H3,(H,32,34). The topological polar surface area (TPSA) is 116 Å². The van der Waals surface area contributed by atoms with E-state index in [1.807, 2.05) is 4.90 Å². The van der Waals surface area contributed by atoms with Crippen molar-refractivity contribution in [2.45, 2.75) is 84.7 Å². The molecule has 0 bridgehead atoms. The predicted octanol–water partition coefficient (Wildman–Crippen LogP) is 0.438. The number of piperidine rings is 3. The second-order valence-electron chi connectivity index (χ2n) is 11.5. The van der Waals surface area contributed by atoms with Crippen LogP contribution >= 0.6 is 35.0 Å². The zero-order valence-corrected chi connectivity index (χ0v) is 24.7. The van der Waals surface area contributed by atoms with E-state index in [0.29, 0.717) is 45.1 Å². The largest absolute Gasteiger partial charge is 0.381 e. The van der Waals surface area contributed by atoms with Crippen LogP contribution in [0.5, 0.6) is 0 Å². The first kappa shape index (κ1) is 29.1. The molecule has 5 N–H and O–H groups in total. The second-order valence-corrected chi connectivity index (χ2v) is 13.9. The number of amides is 2. The van der Waals surface area contributed by atoms with Crippen LogP contribution in [0.25, 0.3) is 0 Å². The number of alkyl halides is 2. The van der Waals surface area contributed by atoms with Gasteiger partial charge >= 0.3 is 0 Å². The summed E-state index contributed by atoms with van der Waals surface area (Å²) in [6.45, 7) is 4.81. The Morgan fingerprint density at radius 1 is 0.947 bits per heavy atom. The first-order chi connectivity index (χ1) is 18.2. The predicted molar refractivity (Wildman–Crippen MR) is 149 cm³/mol. The third kappa shape index (κ3) is 6.41. The Morgan fingerprint density at radius 3 is 2.50 bits per heavy atom. The number of nitrogens with one attached hydrogen (secondary N) is 5. The summed E-state index contributed by atoms with van der Waals surface area (Å²) >= 11 is 14.5. The van der Waals surface area contributed by atoms with Gasteiger partial charge in [0, 0.05) is 64.2 Å². The van der Waals surface area contributed by atoms with E-state index in [-0.39, 0.29) is 75.6 Å². The maximum atomic E-state index is 13.6. The molecule has 0 radical (unpaired) electrons. The maximum absolute atomic E-state index is 13.6. The molecule has 38 heavy (non-hydrogen) atoms. The zero-order valence-electron chi connectivity index (χ0n) is 22.3. The summed E-state index contributed by atoms with van der Waals surface area (Å²) in [5.74, 6) is 0.421. The van der Waals surface area contributed by atoms with Crippen molar-refractivity contribution in [3.8, 4) is 0 Å². The number of thioether (sulfide) groups is 1. The summed E-state index contributed by atoms with van der Waals surface area (Å²) < 4.78 is 11.3. The van der Waals surface area contributed by atoms with E-state index in [1.54, 1.807) is 26.0 Å². The SMILES string of the molecule is COC1CC(Cl)NC(C(=O)N2CC3NC(NC(=O)C4CNC(C)CC4C4CC(Cl)NCC4OC)SC3C2)C1. The molecule has 10 nitrogen and oxygen atoms in total. The van der Waals surface area contributed by atoms with Crippen LogP contribution < -0.4 is 26.6 Å². The highest BCUT2D eigenvalue weighted by atomic mass is 35.5. The molecule has 5 fully saturated rings. The third-order valence-electron chi connectivity index (χ3n) is 9.02. The van der Waals surface area contributed by atoms with Crippen molar-refractivity contribution in [3.63, 3.8) is 0 Å². The van der Waals surface area contributed by atoms with Gasteiger partial charge in [-0.25, -0.2) is 0 Å². The molecule has 0 aromatic heterocycles. The average molecular weight is 594 g/mol. The highest BCUT2D eigenvalue weighted by molar-refractivity contribution is 8.00. The Morgan fingerprint density at radius 2 is 1.76 bits per heavy atom. The van der Waals surface area contributed by atoms with Crippen molar-refractivity contribution in [3.05, 3.63) is 0 Å². The Bertz CT molecular complexity index is 849. The first-order valence-corrected chi connectivity index (χ1v) is 15.6. The van der Waals surface area contributed by atoms with Crippen molar-refractivity contribution in [2.24, 2.45) is 17.8 Å². The number of carbonyl (C=O) groups excluding carboxylic acids is 2. The summed E-state index contributed by atoms with van der Waals surface area (Å²) in [5, 5.41) is 17.1. The molecule has 5 saturated heterocycles. The van der Waals surface area contributed by atoms with Gasteiger partial charge in [0.1, 0.15) is 5.50 Å². The first-order valence-electron chi connectivity index (χ1n) is 13.8. The lowest BCUT2D eigenvalue weighted by Crippen LogP contribution is -2.57. The van der Waals surface area contributed by atoms with E-state index in [9.17, 15) is 9.59 Å². The van der Waals surface area contributed by atoms with Gasteiger partial charge in [0.05, 0.1) is 35.2 Å². The minimum Gasteiger partial charge on any atom is -0.381 e. The van der Waals surface area contributed by atoms with Crippen molar-refractivity contribution in [2.75, 3.05) is 40.4 Å². The molecule has 0 aromatic carbocycles. The maximum Gasteiger partial charge on any atom is 0.239 e. The number of nitrogens with zero attached hydrogens (tertiary/aromatic N) is 1. The number of rotatable bonds is 6. The van der Waals surface area contributed by atoms with E-state index >= 15 is 0 Å². The molecular formula is C25H42Cl2N6O4S. The Kier molecular flexibility index (Phi) is 9.70. The average Bonchev–Trinajstić information content (AvgIpc) is 3.46. The molecule has 5 aliphatic rings. The van der Waals surface area contributed by atoms with Crippen LogP contribution in [0.1, 0.15) is 32.6 Å². The van der Waals surface area contributed by atoms with Crippen molar-refractivity contribution in [1.29, 1.82) is 0 Å². The van der Waals surface area contributed by atoms with Crippen molar-refractivity contribution in [1.82, 2.24) is 31.5 Å². The Hall–Kier alpha value is -0.370. The number of fused-ring (bicyclic) bond motifs is 1. The molecule has 0 aliphatic carbocycles. The minimum absolute atomic E-state index is 0.0117. The number of hydrogen-bond acceptors (Lipinski definition) is 9. The summed E-state index contributed by atoms with van der Waals surface area (Å²) in [7, 11) is 3.41. The molecule has 5 rings (SSSR count). The van der Waals surface area contributed by atoms with E-state index in [4.69, 9.17) is 32.7 Å². The molecule has 12 atom stereocenters. The minimum atomic E-state index is -0.327. The monoisotopic (exact) mass is 592 g/mol. The number of carbonyl (C=O) groups is 2. The van der Waals surface area contributed by atoms with Gasteiger partial charge in [-0.15, -0.1) is 35.0 Å². The fraction of sp³-hybridized carbons (Fsp3) is 0.920. The molecule has 0 saturated carbocycles. The fourth-order valence-electron chi connectivity index (χ4n) is 6.98. The van der Waals surface area contributed by atoms with Crippen LogP contribution in [0, 0.1) is 17.8 Å². The molecule has 13 heteroatoms. The van der Waals surface area contributed by atoms with Crippen LogP contribution in [0.15, 0.2) is 0 Å². The van der Waals surface area contributed by atoms with Crippen LogP contribution in [0.3, 0.4) is 0 Å². The summed E-state index contributed by atoms with van der Waals surface area (Å²) in [4.78, 5) is 28.7. The van der Waals surface area contributed by atoms with Gasteiger partial charge in [0.25, 0.3) is 0 Å². The highest BCUT2D eigenvalue weighted by Gasteiger charge is 2.47. The molecular weight excluding hydrogens is 551 g/mol. The van der Waals surface area contributed by atoms with Crippen LogP contribution in [-0.4, -0.2) is 109 Å². The van der Waals surface area contributed by atoms with Crippen LogP contribution in [0.4, 0.5) is 0 Å². The summed E-state index contributed by atoms with van der Waals surface area (Å²) in [6.07, 6.45) is 3.06. The van der Waals surface area contributed by atoms with Gasteiger partial charge in [-0.2, -0.15) is 0 Å². The number of halogens is 2. The molecule has 0 spiro atoms. The highest BCUT2D eigenvalue weighted by Crippen LogP contribution is 2.38. The van der Waals surface area contributed by atoms with Crippen LogP contribution in [0.2, 0.25) is 0 Å². The fourth-order valence-corrected chi connectivity index (χ4v) is 9.03. The second kappa shape index (κ2) is 12.7. The molecule has 12 unspecified atom stereocenters. The van der Waals surface area contributed by atoms with E-state index in [2.05, 4.69) is 33.5 Å². The number of methoxy groups -OCH3 is 2. The number of ether oxygens (including phenoxy) is 2. The zero-order chi connectivity index (χ0) is 27.0. The van der Waals surface area contributed by atoms with Crippen molar-refractivity contribution >= 4 is 46.8 Å². The number of likely N-dealkylation sites (tertiary alicyclic amines) is 1. The van der Waals surface area contributed by atoms with Gasteiger partial charge in [-0.3, -0.25) is 25.5 Å². The van der Waals surface area contributed by atoms with Gasteiger partial charge in [0.15, 0.2) is 0 Å². The summed E-state index contributed by atoms with van der Waals surface area (Å²) in [6, 6.07) is 0.161. The van der Waals surface area contributed by atoms with E-state index in [1.165, 1.54) is 0 Å². The normalized spacial score (nSPS) is 45.6. The molecule has 5 aliphatic heterocycles. The van der Waals surface area contributed by atoms with Crippen molar-refractivity contribution < 1.29 is 19.1 Å². The molecule has 0 aromatic rings. The Labute approximate surface area is 239 Å². The van der Waals surface area contributed by atoms with Gasteiger partial charge in [-0.1, -0.05) is 0 Å². The Balaban J connectivity index is 1.15. The molecule has 2 amide bonds. The van der Waals surface area contributed by atoms with E-state index < -0.39 is 0 Å². The lowest BCUT2D eigenvalue weighted by Gasteiger charge is -2.45. The third-order valence-corrected chi connectivity index (χ3v) is 11.0. The molecule has 5 heterocycles. The smallest absolute Gasteiger partial charge is 0.239 e. The van der Waals surface area contributed by atoms with Gasteiger partial charge in [0.2, 0.25) is 11.8 Å².